The zero-order valence-corrected chi connectivity index (χ0v) is 48.7. The van der Waals surface area contributed by atoms with E-state index in [2.05, 4.69) is 81.5 Å². The minimum Gasteiger partial charge on any atom is -0.462 e. The van der Waals surface area contributed by atoms with Crippen molar-refractivity contribution in [2.24, 2.45) is 0 Å². The van der Waals surface area contributed by atoms with Crippen LogP contribution in [0.15, 0.2) is 60.8 Å². The number of rotatable bonds is 58. The van der Waals surface area contributed by atoms with Crippen LogP contribution in [0.5, 0.6) is 0 Å². The molecule has 0 amide bonds. The monoisotopic (exact) mass is 1020 g/mol. The minimum absolute atomic E-state index is 0.0721. The molecule has 0 aliphatic carbocycles. The molecule has 0 aromatic rings. The fourth-order valence-electron chi connectivity index (χ4n) is 9.24. The predicted octanol–water partition coefficient (Wildman–Crippen LogP) is 21.6. The molecule has 0 heterocycles. The lowest BCUT2D eigenvalue weighted by Crippen LogP contribution is -2.30. The Balaban J connectivity index is 4.15. The molecule has 0 N–H and O–H groups in total. The zero-order valence-electron chi connectivity index (χ0n) is 48.7. The first-order valence-corrected chi connectivity index (χ1v) is 31.8. The molecule has 0 bridgehead atoms. The molecular weight excluding hydrogens is 901 g/mol. The third-order valence-corrected chi connectivity index (χ3v) is 14.0. The second-order valence-corrected chi connectivity index (χ2v) is 21.3. The maximum absolute atomic E-state index is 12.9. The normalized spacial score (nSPS) is 12.4. The third-order valence-electron chi connectivity index (χ3n) is 14.0. The van der Waals surface area contributed by atoms with Gasteiger partial charge in [-0.3, -0.25) is 14.4 Å². The molecule has 1 atom stereocenters. The van der Waals surface area contributed by atoms with Gasteiger partial charge in [0.05, 0.1) is 0 Å². The molecule has 0 radical (unpaired) electrons. The Kier molecular flexibility index (Phi) is 59.2. The molecule has 0 saturated heterocycles. The molecule has 0 aliphatic heterocycles. The number of unbranched alkanes of at least 4 members (excludes halogenated alkanes) is 37. The van der Waals surface area contributed by atoms with Gasteiger partial charge in [-0.05, 0) is 77.0 Å². The van der Waals surface area contributed by atoms with Crippen LogP contribution in [-0.4, -0.2) is 37.2 Å². The summed E-state index contributed by atoms with van der Waals surface area (Å²) < 4.78 is 16.9. The van der Waals surface area contributed by atoms with Crippen LogP contribution in [0.2, 0.25) is 0 Å². The molecule has 0 spiro atoms. The van der Waals surface area contributed by atoms with E-state index in [0.717, 1.165) is 89.9 Å². The van der Waals surface area contributed by atoms with Crippen LogP contribution in [0, 0.1) is 0 Å². The molecule has 6 nitrogen and oxygen atoms in total. The van der Waals surface area contributed by atoms with Gasteiger partial charge in [-0.25, -0.2) is 0 Å². The fourth-order valence-corrected chi connectivity index (χ4v) is 9.24. The topological polar surface area (TPSA) is 78.9 Å². The molecule has 1 unspecified atom stereocenters. The summed E-state index contributed by atoms with van der Waals surface area (Å²) in [6.45, 7) is 6.52. The molecule has 424 valence electrons. The smallest absolute Gasteiger partial charge is 0.306 e. The van der Waals surface area contributed by atoms with E-state index in [1.165, 1.54) is 199 Å². The highest BCUT2D eigenvalue weighted by atomic mass is 16.6. The summed E-state index contributed by atoms with van der Waals surface area (Å²) in [6, 6.07) is 0. The largest absolute Gasteiger partial charge is 0.462 e. The van der Waals surface area contributed by atoms with Crippen LogP contribution < -0.4 is 0 Å². The second kappa shape index (κ2) is 61.7. The van der Waals surface area contributed by atoms with Crippen molar-refractivity contribution in [2.45, 2.75) is 335 Å². The maximum atomic E-state index is 12.9. The minimum atomic E-state index is -0.773. The number of hydrogen-bond acceptors (Lipinski definition) is 6. The Bertz CT molecular complexity index is 1310. The van der Waals surface area contributed by atoms with Gasteiger partial charge in [-0.15, -0.1) is 0 Å². The first kappa shape index (κ1) is 70.1. The molecular formula is C67H120O6. The van der Waals surface area contributed by atoms with E-state index >= 15 is 0 Å². The Labute approximate surface area is 453 Å². The maximum Gasteiger partial charge on any atom is 0.306 e. The van der Waals surface area contributed by atoms with E-state index in [1.807, 2.05) is 0 Å². The highest BCUT2D eigenvalue weighted by Crippen LogP contribution is 2.17. The molecule has 0 rings (SSSR count). The van der Waals surface area contributed by atoms with Crippen molar-refractivity contribution in [3.05, 3.63) is 60.8 Å². The Morgan fingerprint density at radius 1 is 0.288 bits per heavy atom. The second-order valence-electron chi connectivity index (χ2n) is 21.3. The van der Waals surface area contributed by atoms with Gasteiger partial charge in [0.1, 0.15) is 13.2 Å². The molecule has 0 aromatic carbocycles. The van der Waals surface area contributed by atoms with E-state index in [0.29, 0.717) is 19.3 Å². The quantitative estimate of drug-likeness (QED) is 0.0261. The molecule has 0 aliphatic rings. The molecule has 0 saturated carbocycles. The summed E-state index contributed by atoms with van der Waals surface area (Å²) >= 11 is 0. The number of carbonyl (C=O) groups excluding carboxylic acids is 3. The van der Waals surface area contributed by atoms with Crippen molar-refractivity contribution in [3.8, 4) is 0 Å². The van der Waals surface area contributed by atoms with Gasteiger partial charge in [0, 0.05) is 19.3 Å². The number of hydrogen-bond donors (Lipinski definition) is 0. The van der Waals surface area contributed by atoms with E-state index < -0.39 is 6.10 Å². The summed E-state index contributed by atoms with van der Waals surface area (Å²) in [5.41, 5.74) is 0. The summed E-state index contributed by atoms with van der Waals surface area (Å²) in [5, 5.41) is 0. The van der Waals surface area contributed by atoms with E-state index in [4.69, 9.17) is 14.2 Å². The lowest BCUT2D eigenvalue weighted by Gasteiger charge is -2.18. The van der Waals surface area contributed by atoms with Crippen molar-refractivity contribution >= 4 is 17.9 Å². The lowest BCUT2D eigenvalue weighted by molar-refractivity contribution is -0.167. The SMILES string of the molecule is CC/C=C\C/C=C\C/C=C\C/C=C\CCCCCCCCCCCCCCCCCCC(=O)OCC(COC(=O)CCCCCCC/C=C\CCCC)OC(=O)CCCCCCCCCCCCCCCCC. The van der Waals surface area contributed by atoms with Gasteiger partial charge in [0.2, 0.25) is 0 Å². The van der Waals surface area contributed by atoms with Crippen molar-refractivity contribution in [3.63, 3.8) is 0 Å². The number of esters is 3. The third kappa shape index (κ3) is 59.9. The lowest BCUT2D eigenvalue weighted by atomic mass is 10.0. The van der Waals surface area contributed by atoms with Gasteiger partial charge in [0.15, 0.2) is 6.10 Å². The first-order chi connectivity index (χ1) is 36.0. The van der Waals surface area contributed by atoms with Gasteiger partial charge in [-0.1, -0.05) is 293 Å². The zero-order chi connectivity index (χ0) is 52.9. The van der Waals surface area contributed by atoms with Crippen molar-refractivity contribution in [1.82, 2.24) is 0 Å². The average Bonchev–Trinajstić information content (AvgIpc) is 3.39. The summed E-state index contributed by atoms with van der Waals surface area (Å²) in [5.74, 6) is -0.864. The van der Waals surface area contributed by atoms with Crippen LogP contribution in [-0.2, 0) is 28.6 Å². The Morgan fingerprint density at radius 2 is 0.548 bits per heavy atom. The van der Waals surface area contributed by atoms with Gasteiger partial charge < -0.3 is 14.2 Å². The van der Waals surface area contributed by atoms with Crippen molar-refractivity contribution in [1.29, 1.82) is 0 Å². The van der Waals surface area contributed by atoms with Gasteiger partial charge >= 0.3 is 17.9 Å². The predicted molar refractivity (Wildman–Crippen MR) is 316 cm³/mol. The first-order valence-electron chi connectivity index (χ1n) is 31.8. The van der Waals surface area contributed by atoms with Crippen LogP contribution in [0.25, 0.3) is 0 Å². The highest BCUT2D eigenvalue weighted by Gasteiger charge is 2.19. The molecule has 0 aromatic heterocycles. The van der Waals surface area contributed by atoms with Crippen LogP contribution in [0.3, 0.4) is 0 Å². The van der Waals surface area contributed by atoms with Crippen LogP contribution in [0.4, 0.5) is 0 Å². The Hall–Kier alpha value is -2.89. The highest BCUT2D eigenvalue weighted by molar-refractivity contribution is 5.71. The summed E-state index contributed by atoms with van der Waals surface area (Å²) in [4.78, 5) is 38.2. The van der Waals surface area contributed by atoms with Crippen molar-refractivity contribution < 1.29 is 28.6 Å². The van der Waals surface area contributed by atoms with Crippen LogP contribution in [0.1, 0.15) is 329 Å². The number of allylic oxidation sites excluding steroid dienone is 10. The molecule has 0 fully saturated rings. The summed E-state index contributed by atoms with van der Waals surface area (Å²) in [6.07, 6.45) is 78.1. The summed E-state index contributed by atoms with van der Waals surface area (Å²) in [7, 11) is 0. The molecule has 73 heavy (non-hydrogen) atoms. The fraction of sp³-hybridized carbons (Fsp3) is 0.806. The number of ether oxygens (including phenoxy) is 3. The van der Waals surface area contributed by atoms with E-state index in [-0.39, 0.29) is 31.1 Å². The van der Waals surface area contributed by atoms with Crippen LogP contribution >= 0.6 is 0 Å². The van der Waals surface area contributed by atoms with E-state index in [9.17, 15) is 14.4 Å². The number of carbonyl (C=O) groups is 3. The van der Waals surface area contributed by atoms with Gasteiger partial charge in [0.25, 0.3) is 0 Å². The van der Waals surface area contributed by atoms with E-state index in [1.54, 1.807) is 0 Å². The van der Waals surface area contributed by atoms with Gasteiger partial charge in [-0.2, -0.15) is 0 Å². The molecule has 6 heteroatoms. The Morgan fingerprint density at radius 3 is 0.890 bits per heavy atom. The standard InChI is InChI=1S/C67H120O6/c1-4-7-10-13-16-19-22-24-26-27-28-29-30-31-32-33-34-35-36-37-38-39-41-42-45-48-51-54-57-60-66(69)72-63-64(62-71-65(68)59-56-53-50-47-44-21-18-15-12-9-6-3)73-67(70)61-58-55-52-49-46-43-40-25-23-20-17-14-11-8-5-2/h7,10,15-16,18-19,24,26,28-29,64H,4-6,8-9,11-14,17,20-23,25,27,30-63H2,1-3H3/b10-7-,18-15-,19-16-,26-24-,29-28-. The van der Waals surface area contributed by atoms with Crippen molar-refractivity contribution in [2.75, 3.05) is 13.2 Å². The average molecular weight is 1020 g/mol.